The number of H-pyrrole nitrogens is 2. The molecule has 8 rings (SSSR count). The van der Waals surface area contributed by atoms with Crippen LogP contribution in [-0.2, 0) is 0 Å². The minimum Gasteiger partial charge on any atom is -0.493 e. The van der Waals surface area contributed by atoms with Crippen LogP contribution in [0, 0.1) is 34.5 Å². The predicted octanol–water partition coefficient (Wildman–Crippen LogP) is 11.9. The molecule has 10 heteroatoms. The van der Waals surface area contributed by atoms with Crippen molar-refractivity contribution >= 4 is 65.0 Å². The maximum absolute atomic E-state index is 11.0. The van der Waals surface area contributed by atoms with Crippen LogP contribution in [-0.4, -0.2) is 33.1 Å². The van der Waals surface area contributed by atoms with Crippen LogP contribution in [0.1, 0.15) is 76.2 Å². The van der Waals surface area contributed by atoms with Crippen molar-refractivity contribution in [2.75, 3.05) is 13.2 Å². The lowest BCUT2D eigenvalue weighted by molar-refractivity contribution is 0.250. The molecule has 8 nitrogen and oxygen atoms in total. The summed E-state index contributed by atoms with van der Waals surface area (Å²) in [7, 11) is 0. The van der Waals surface area contributed by atoms with Gasteiger partial charge in [-0.2, -0.15) is 10.5 Å². The van der Waals surface area contributed by atoms with E-state index in [1.165, 1.54) is 48.4 Å². The van der Waals surface area contributed by atoms with Crippen LogP contribution in [0.25, 0.3) is 64.9 Å². The largest absolute Gasteiger partial charge is 0.493 e. The van der Waals surface area contributed by atoms with Gasteiger partial charge < -0.3 is 19.4 Å². The number of hydrogen-bond donors (Lipinski definition) is 2. The molecule has 0 saturated carbocycles. The fraction of sp³-hybridized carbons (Fsp3) is 0.280. The number of ether oxygens (including phenoxy) is 2. The highest BCUT2D eigenvalue weighted by atomic mass is 32.1. The number of thiazole rings is 2. The smallest absolute Gasteiger partial charge is 0.137 e. The Hall–Kier alpha value is -6.20. The topological polar surface area (TPSA) is 123 Å². The highest BCUT2D eigenvalue weighted by Gasteiger charge is 2.24. The molecular weight excluding hydrogens is 781 g/mol. The number of unbranched alkanes of at least 4 members (excludes halogenated alkanes) is 2. The fourth-order valence-corrected chi connectivity index (χ4v) is 9.56. The molecule has 0 radical (unpaired) electrons. The first-order valence-corrected chi connectivity index (χ1v) is 22.5. The van der Waals surface area contributed by atoms with E-state index in [0.29, 0.717) is 56.9 Å². The fourth-order valence-electron chi connectivity index (χ4n) is 7.62. The van der Waals surface area contributed by atoms with Crippen molar-refractivity contribution < 1.29 is 9.47 Å². The van der Waals surface area contributed by atoms with Crippen LogP contribution in [0.15, 0.2) is 97.1 Å². The third kappa shape index (κ3) is 8.45. The Morgan fingerprint density at radius 2 is 1.00 bits per heavy atom. The molecule has 0 saturated heterocycles. The number of nitriles is 2. The summed E-state index contributed by atoms with van der Waals surface area (Å²) in [5, 5.41) is 26.1. The second-order valence-corrected chi connectivity index (χ2v) is 17.7. The van der Waals surface area contributed by atoms with E-state index >= 15 is 0 Å². The quantitative estimate of drug-likeness (QED) is 0.0999. The van der Waals surface area contributed by atoms with Gasteiger partial charge in [-0.15, -0.1) is 22.7 Å². The molecule has 0 fully saturated rings. The van der Waals surface area contributed by atoms with Gasteiger partial charge in [0.15, 0.2) is 0 Å². The molecule has 4 aromatic carbocycles. The summed E-state index contributed by atoms with van der Waals surface area (Å²) in [6.07, 6.45) is 6.96. The van der Waals surface area contributed by atoms with E-state index in [0.717, 1.165) is 78.1 Å². The Morgan fingerprint density at radius 3 is 1.37 bits per heavy atom. The first-order chi connectivity index (χ1) is 29.4. The summed E-state index contributed by atoms with van der Waals surface area (Å²) in [6, 6.07) is 37.1. The third-order valence-corrected chi connectivity index (χ3v) is 13.1. The van der Waals surface area contributed by atoms with Crippen LogP contribution in [0.2, 0.25) is 0 Å². The van der Waals surface area contributed by atoms with Crippen LogP contribution in [0.3, 0.4) is 0 Å². The molecule has 2 unspecified atom stereocenters. The van der Waals surface area contributed by atoms with Crippen LogP contribution in [0.5, 0.6) is 11.5 Å². The van der Waals surface area contributed by atoms with Gasteiger partial charge in [0.2, 0.25) is 0 Å². The van der Waals surface area contributed by atoms with Gasteiger partial charge in [-0.3, -0.25) is 0 Å². The molecule has 2 N–H and O–H groups in total. The molecule has 0 spiro atoms. The zero-order chi connectivity index (χ0) is 41.6. The molecule has 0 aliphatic carbocycles. The Labute approximate surface area is 358 Å². The van der Waals surface area contributed by atoms with Gasteiger partial charge in [0.25, 0.3) is 0 Å². The predicted molar refractivity (Wildman–Crippen MR) is 247 cm³/mol. The Morgan fingerprint density at radius 1 is 0.600 bits per heavy atom. The van der Waals surface area contributed by atoms with Crippen LogP contribution < -0.4 is 20.2 Å². The van der Waals surface area contributed by atoms with Crippen LogP contribution in [0.4, 0.5) is 0 Å². The summed E-state index contributed by atoms with van der Waals surface area (Å²) >= 11 is 2.97. The molecule has 0 aliphatic heterocycles. The van der Waals surface area contributed by atoms with E-state index in [2.05, 4.69) is 49.8 Å². The number of rotatable bonds is 16. The molecule has 0 bridgehead atoms. The number of nitrogens with one attached hydrogen (secondary N) is 2. The summed E-state index contributed by atoms with van der Waals surface area (Å²) < 4.78 is 14.5. The van der Waals surface area contributed by atoms with Gasteiger partial charge in [0, 0.05) is 10.8 Å². The molecular formula is C50H48N6O2S2. The maximum atomic E-state index is 11.0. The molecule has 4 heterocycles. The van der Waals surface area contributed by atoms with E-state index in [1.807, 2.05) is 97.1 Å². The van der Waals surface area contributed by atoms with Crippen molar-refractivity contribution in [3.05, 3.63) is 118 Å². The third-order valence-electron chi connectivity index (χ3n) is 10.9. The van der Waals surface area contributed by atoms with Crippen molar-refractivity contribution in [3.63, 3.8) is 0 Å². The lowest BCUT2D eigenvalue weighted by atomic mass is 10.0. The van der Waals surface area contributed by atoms with Gasteiger partial charge in [0.1, 0.15) is 44.8 Å². The maximum Gasteiger partial charge on any atom is 0.137 e. The van der Waals surface area contributed by atoms with E-state index in [1.54, 1.807) is 0 Å². The lowest BCUT2D eigenvalue weighted by Gasteiger charge is -2.13. The molecule has 4 aromatic heterocycles. The van der Waals surface area contributed by atoms with E-state index in [4.69, 9.17) is 19.4 Å². The first kappa shape index (κ1) is 40.6. The number of para-hydroxylation sites is 2. The summed E-state index contributed by atoms with van der Waals surface area (Å²) in [4.78, 5) is 17.3. The highest BCUT2D eigenvalue weighted by Crippen LogP contribution is 2.35. The average Bonchev–Trinajstić information content (AvgIpc) is 4.08. The average molecular weight is 829 g/mol. The number of nitrogens with zero attached hydrogens (tertiary/aromatic N) is 4. The van der Waals surface area contributed by atoms with E-state index in [-0.39, 0.29) is 0 Å². The normalized spacial score (nSPS) is 13.6. The van der Waals surface area contributed by atoms with Crippen molar-refractivity contribution in [2.45, 2.75) is 66.2 Å². The van der Waals surface area contributed by atoms with Gasteiger partial charge in [0.05, 0.1) is 55.7 Å². The van der Waals surface area contributed by atoms with E-state index < -0.39 is 0 Å². The van der Waals surface area contributed by atoms with Crippen molar-refractivity contribution in [1.82, 2.24) is 19.9 Å². The Balaban J connectivity index is 1.37. The zero-order valence-corrected chi connectivity index (χ0v) is 36.1. The summed E-state index contributed by atoms with van der Waals surface area (Å²) in [5.41, 5.74) is 5.80. The summed E-state index contributed by atoms with van der Waals surface area (Å²) in [5.74, 6) is 2.49. The first-order valence-electron chi connectivity index (χ1n) is 20.9. The summed E-state index contributed by atoms with van der Waals surface area (Å²) in [6.45, 7) is 10.2. The molecule has 8 aromatic rings. The number of fused-ring (bicyclic) bond motifs is 3. The van der Waals surface area contributed by atoms with Crippen molar-refractivity contribution in [2.24, 2.45) is 11.8 Å². The Bertz CT molecular complexity index is 2710. The molecule has 0 amide bonds. The van der Waals surface area contributed by atoms with Crippen LogP contribution >= 0.6 is 22.7 Å². The second kappa shape index (κ2) is 18.4. The van der Waals surface area contributed by atoms with Crippen molar-refractivity contribution in [1.29, 1.82) is 10.5 Å². The highest BCUT2D eigenvalue weighted by molar-refractivity contribution is 7.20. The minimum absolute atomic E-state index is 0.416. The number of aromatic amines is 2. The zero-order valence-electron chi connectivity index (χ0n) is 34.5. The molecule has 60 heavy (non-hydrogen) atoms. The van der Waals surface area contributed by atoms with Gasteiger partial charge in [-0.1, -0.05) is 77.6 Å². The number of hydrogen-bond acceptors (Lipinski definition) is 8. The van der Waals surface area contributed by atoms with E-state index in [9.17, 15) is 10.5 Å². The number of benzene rings is 4. The monoisotopic (exact) mass is 828 g/mol. The van der Waals surface area contributed by atoms with Gasteiger partial charge in [-0.05, 0) is 109 Å². The molecule has 302 valence electrons. The number of aromatic nitrogens is 4. The molecule has 2 atom stereocenters. The standard InChI is InChI=1S/C50H48N6O2S2/c1-5-7-13-31(3)29-57-35-23-19-33(20-24-35)45-43-44(48(55-45)38(28-52)50-54-40-16-10-12-18-42(40)60-50)46(34-21-25-36(26-22-34)58-30-32(4)14-8-6-2)56-47(43)37(27-51)49-53-39-15-9-11-17-41(39)59-49/h9-12,15-26,31-32,55-56H,5-8,13-14,29-30H2,1-4H3/b47-37-,48-38-. The van der Waals surface area contributed by atoms with Gasteiger partial charge in [-0.25, -0.2) is 9.97 Å². The lowest BCUT2D eigenvalue weighted by Crippen LogP contribution is -2.11. The van der Waals surface area contributed by atoms with Gasteiger partial charge >= 0.3 is 0 Å². The minimum atomic E-state index is 0.416. The Kier molecular flexibility index (Phi) is 12.4. The second-order valence-electron chi connectivity index (χ2n) is 15.6. The van der Waals surface area contributed by atoms with Crippen molar-refractivity contribution in [3.8, 4) is 46.2 Å². The SMILES string of the molecule is CCCCC(C)COc1ccc(-c2[nH]/c(=C(/C#N)c3nc4ccccc4s3)c3c(-c4ccc(OCC(C)CCCC)cc4)[nH]/c(=C(/C#N)c4nc5ccccc5s4)c23)cc1. The molecule has 0 aliphatic rings.